The number of nitrogens with zero attached hydrogens (tertiary/aromatic N) is 4. The van der Waals surface area contributed by atoms with Crippen LogP contribution < -0.4 is 15.4 Å². The number of urea groups is 1. The van der Waals surface area contributed by atoms with E-state index in [0.29, 0.717) is 25.5 Å². The molecule has 0 bridgehead atoms. The van der Waals surface area contributed by atoms with E-state index in [9.17, 15) is 18.0 Å². The maximum Gasteiger partial charge on any atom is 0.324 e. The Balaban J connectivity index is 1.23. The second kappa shape index (κ2) is 12.6. The van der Waals surface area contributed by atoms with Crippen LogP contribution in [0.1, 0.15) is 56.5 Å². The lowest BCUT2D eigenvalue weighted by Crippen LogP contribution is -2.53. The van der Waals surface area contributed by atoms with Gasteiger partial charge in [0, 0.05) is 36.8 Å². The molecule has 5 rings (SSSR count). The van der Waals surface area contributed by atoms with E-state index in [2.05, 4.69) is 31.4 Å². The molecule has 1 aromatic heterocycles. The molecule has 0 radical (unpaired) electrons. The second-order valence-electron chi connectivity index (χ2n) is 12.4. The summed E-state index contributed by atoms with van der Waals surface area (Å²) in [4.78, 5) is 27.6. The van der Waals surface area contributed by atoms with Crippen molar-refractivity contribution in [2.24, 2.45) is 0 Å². The van der Waals surface area contributed by atoms with E-state index in [1.807, 2.05) is 54.3 Å². The molecule has 11 nitrogen and oxygen atoms in total. The molecular weight excluding hydrogens is 580 g/mol. The van der Waals surface area contributed by atoms with Gasteiger partial charge in [0.15, 0.2) is 0 Å². The number of benzene rings is 2. The van der Waals surface area contributed by atoms with Gasteiger partial charge in [-0.15, -0.1) is 0 Å². The van der Waals surface area contributed by atoms with Crippen LogP contribution >= 0.6 is 0 Å². The number of aromatic nitrogens is 2. The number of carbonyl (C=O) groups excluding carboxylic acids is 2. The monoisotopic (exact) mass is 622 g/mol. The molecule has 0 spiro atoms. The fourth-order valence-corrected chi connectivity index (χ4v) is 6.59. The van der Waals surface area contributed by atoms with E-state index < -0.39 is 15.9 Å². The van der Waals surface area contributed by atoms with Gasteiger partial charge < -0.3 is 10.1 Å². The maximum absolute atomic E-state index is 13.3. The molecule has 1 fully saturated rings. The number of amides is 3. The van der Waals surface area contributed by atoms with Crippen LogP contribution in [0.4, 0.5) is 16.3 Å². The summed E-state index contributed by atoms with van der Waals surface area (Å²) in [6.07, 6.45) is 2.65. The first-order valence-corrected chi connectivity index (χ1v) is 16.8. The van der Waals surface area contributed by atoms with E-state index in [1.54, 1.807) is 11.6 Å². The summed E-state index contributed by atoms with van der Waals surface area (Å²) >= 11 is 0. The number of hydrogen-bond acceptors (Lipinski definition) is 7. The first-order valence-electron chi connectivity index (χ1n) is 15.1. The molecule has 12 heteroatoms. The summed E-state index contributed by atoms with van der Waals surface area (Å²) in [5.41, 5.74) is 5.57. The third-order valence-electron chi connectivity index (χ3n) is 8.11. The minimum Gasteiger partial charge on any atom is -0.492 e. The fraction of sp³-hybridized carbons (Fsp3) is 0.469. The number of fused-ring (bicyclic) bond motifs is 1. The van der Waals surface area contributed by atoms with Gasteiger partial charge in [0.1, 0.15) is 18.2 Å². The van der Waals surface area contributed by atoms with Crippen molar-refractivity contribution in [1.82, 2.24) is 19.0 Å². The Morgan fingerprint density at radius 3 is 2.43 bits per heavy atom. The average Bonchev–Trinajstić information content (AvgIpc) is 3.63. The molecule has 1 aliphatic heterocycles. The lowest BCUT2D eigenvalue weighted by Gasteiger charge is -2.33. The predicted octanol–water partition coefficient (Wildman–Crippen LogP) is 4.48. The summed E-state index contributed by atoms with van der Waals surface area (Å²) in [6, 6.07) is 13.3. The fourth-order valence-electron chi connectivity index (χ4n) is 5.55. The molecule has 2 aromatic carbocycles. The highest BCUT2D eigenvalue weighted by Gasteiger charge is 2.31. The molecule has 0 saturated carbocycles. The van der Waals surface area contributed by atoms with Crippen LogP contribution in [0, 0.1) is 6.92 Å². The molecule has 0 atom stereocenters. The largest absolute Gasteiger partial charge is 0.492 e. The molecule has 3 aromatic rings. The number of aryl methyl sites for hydroxylation is 1. The van der Waals surface area contributed by atoms with Crippen LogP contribution in [0.5, 0.6) is 5.75 Å². The van der Waals surface area contributed by atoms with Gasteiger partial charge in [-0.25, -0.2) is 22.2 Å². The first kappa shape index (κ1) is 31.5. The van der Waals surface area contributed by atoms with Crippen molar-refractivity contribution in [1.29, 1.82) is 0 Å². The van der Waals surface area contributed by atoms with Crippen molar-refractivity contribution < 1.29 is 22.7 Å². The molecule has 2 N–H and O–H groups in total. The Morgan fingerprint density at radius 2 is 1.75 bits per heavy atom. The zero-order valence-corrected chi connectivity index (χ0v) is 27.0. The van der Waals surface area contributed by atoms with E-state index >= 15 is 0 Å². The molecule has 236 valence electrons. The van der Waals surface area contributed by atoms with Crippen LogP contribution in [0.25, 0.3) is 5.69 Å². The van der Waals surface area contributed by atoms with Crippen molar-refractivity contribution >= 4 is 33.5 Å². The van der Waals surface area contributed by atoms with Gasteiger partial charge in [-0.05, 0) is 68.5 Å². The lowest BCUT2D eigenvalue weighted by atomic mass is 9.92. The minimum absolute atomic E-state index is 0.0543. The maximum atomic E-state index is 13.3. The third kappa shape index (κ3) is 6.91. The number of carbonyl (C=O) groups is 2. The molecular formula is C32H42N6O5S. The van der Waals surface area contributed by atoms with E-state index in [4.69, 9.17) is 9.84 Å². The van der Waals surface area contributed by atoms with Crippen LogP contribution in [0.3, 0.4) is 0 Å². The predicted molar refractivity (Wildman–Crippen MR) is 171 cm³/mol. The molecule has 2 aliphatic rings. The summed E-state index contributed by atoms with van der Waals surface area (Å²) in [5.74, 6) is 0.869. The Bertz CT molecular complexity index is 1640. The van der Waals surface area contributed by atoms with Gasteiger partial charge >= 0.3 is 6.03 Å². The number of anilines is 2. The Morgan fingerprint density at radius 1 is 1.02 bits per heavy atom. The molecule has 3 amide bonds. The van der Waals surface area contributed by atoms with E-state index in [0.717, 1.165) is 63.1 Å². The Kier molecular flexibility index (Phi) is 9.03. The number of sulfonamides is 1. The Labute approximate surface area is 259 Å². The summed E-state index contributed by atoms with van der Waals surface area (Å²) in [6.45, 7) is 11.4. The molecule has 1 saturated heterocycles. The summed E-state index contributed by atoms with van der Waals surface area (Å²) in [7, 11) is -3.53. The zero-order valence-electron chi connectivity index (χ0n) is 26.1. The van der Waals surface area contributed by atoms with Gasteiger partial charge in [0.25, 0.3) is 0 Å². The van der Waals surface area contributed by atoms with Crippen molar-refractivity contribution in [3.8, 4) is 11.4 Å². The number of rotatable bonds is 9. The van der Waals surface area contributed by atoms with Crippen molar-refractivity contribution in [2.45, 2.75) is 59.3 Å². The summed E-state index contributed by atoms with van der Waals surface area (Å²) in [5, 5.41) is 10.8. The van der Waals surface area contributed by atoms with Crippen molar-refractivity contribution in [2.75, 3.05) is 49.2 Å². The second-order valence-corrected chi connectivity index (χ2v) is 14.6. The molecule has 1 aliphatic carbocycles. The van der Waals surface area contributed by atoms with Crippen molar-refractivity contribution in [3.63, 3.8) is 0 Å². The van der Waals surface area contributed by atoms with E-state index in [1.165, 1.54) is 0 Å². The number of hydrogen-bond donors (Lipinski definition) is 2. The zero-order chi connectivity index (χ0) is 31.6. The van der Waals surface area contributed by atoms with Crippen LogP contribution in [0.15, 0.2) is 42.5 Å². The van der Waals surface area contributed by atoms with Crippen LogP contribution in [-0.2, 0) is 33.1 Å². The van der Waals surface area contributed by atoms with Crippen LogP contribution in [-0.4, -0.2) is 77.9 Å². The molecule has 0 unspecified atom stereocenters. The van der Waals surface area contributed by atoms with Crippen molar-refractivity contribution in [3.05, 3.63) is 64.8 Å². The first-order chi connectivity index (χ1) is 20.9. The number of ether oxygens (including phenoxy) is 1. The van der Waals surface area contributed by atoms with Gasteiger partial charge in [-0.2, -0.15) is 5.10 Å². The third-order valence-corrected chi connectivity index (χ3v) is 9.90. The Hall–Kier alpha value is -3.90. The van der Waals surface area contributed by atoms with Crippen LogP contribution in [0.2, 0.25) is 0 Å². The number of piperazine rings is 1. The standard InChI is InChI=1S/C32H42N6O5S/c1-6-44(41,42)37-17-16-36(21-30(37)39)18-19-43-27-15-14-26(24-8-7-9-25(24)27)33-31(40)34-29-20-28(32(3,4)5)35-38(29)23-12-10-22(2)11-13-23/h10-15,20H,6-9,16-19,21H2,1-5H3,(H2,33,34,40). The van der Waals surface area contributed by atoms with Gasteiger partial charge in [-0.3, -0.25) is 15.0 Å². The molecule has 2 heterocycles. The van der Waals surface area contributed by atoms with Gasteiger partial charge in [0.05, 0.1) is 23.7 Å². The number of nitrogens with one attached hydrogen (secondary N) is 2. The normalized spacial score (nSPS) is 15.8. The van der Waals surface area contributed by atoms with Gasteiger partial charge in [-0.1, -0.05) is 38.5 Å². The van der Waals surface area contributed by atoms with Gasteiger partial charge in [0.2, 0.25) is 15.9 Å². The lowest BCUT2D eigenvalue weighted by molar-refractivity contribution is -0.130. The highest BCUT2D eigenvalue weighted by molar-refractivity contribution is 7.89. The minimum atomic E-state index is -3.53. The summed E-state index contributed by atoms with van der Waals surface area (Å²) < 4.78 is 33.1. The topological polar surface area (TPSA) is 126 Å². The highest BCUT2D eigenvalue weighted by Crippen LogP contribution is 2.36. The molecule has 44 heavy (non-hydrogen) atoms. The smallest absolute Gasteiger partial charge is 0.324 e. The average molecular weight is 623 g/mol. The van der Waals surface area contributed by atoms with E-state index in [-0.39, 0.29) is 30.3 Å². The quantitative estimate of drug-likeness (QED) is 0.360. The highest BCUT2D eigenvalue weighted by atomic mass is 32.2. The SMILES string of the molecule is CCS(=O)(=O)N1CCN(CCOc2ccc(NC(=O)Nc3cc(C(C)(C)C)nn3-c3ccc(C)cc3)c3c2CCC3)CC1=O.